The summed E-state index contributed by atoms with van der Waals surface area (Å²) in [6.07, 6.45) is 5.60. The highest BCUT2D eigenvalue weighted by Gasteiger charge is 2.25. The van der Waals surface area contributed by atoms with Crippen LogP contribution in [0.5, 0.6) is 0 Å². The largest absolute Gasteiger partial charge is 0.355 e. The Balaban J connectivity index is 2.36. The van der Waals surface area contributed by atoms with Gasteiger partial charge in [-0.3, -0.25) is 9.20 Å². The molecule has 0 heterocycles. The fourth-order valence-electron chi connectivity index (χ4n) is 3.22. The van der Waals surface area contributed by atoms with Crippen LogP contribution in [0.3, 0.4) is 0 Å². The number of aliphatic imine (C=N–C) groups is 1. The lowest BCUT2D eigenvalue weighted by molar-refractivity contribution is 0.292. The van der Waals surface area contributed by atoms with Crippen molar-refractivity contribution in [2.24, 2.45) is 4.99 Å². The Hall–Kier alpha value is -0.620. The lowest BCUT2D eigenvalue weighted by atomic mass is 9.95. The number of hydrogen-bond donors (Lipinski definition) is 2. The minimum atomic E-state index is -0.673. The fourth-order valence-corrected chi connectivity index (χ4v) is 4.56. The van der Waals surface area contributed by atoms with Crippen molar-refractivity contribution in [3.05, 3.63) is 0 Å². The predicted octanol–water partition coefficient (Wildman–Crippen LogP) is 1.96. The summed E-state index contributed by atoms with van der Waals surface area (Å²) in [5, 5.41) is 7.29. The second-order valence-electron chi connectivity index (χ2n) is 6.23. The Labute approximate surface area is 145 Å². The molecule has 0 amide bonds. The summed E-state index contributed by atoms with van der Waals surface area (Å²) in [5.41, 5.74) is 0. The van der Waals surface area contributed by atoms with Crippen LogP contribution in [0.2, 0.25) is 0 Å². The average Bonchev–Trinajstić information content (AvgIpc) is 2.59. The first-order chi connectivity index (χ1) is 11.1. The summed E-state index contributed by atoms with van der Waals surface area (Å²) in [4.78, 5) is 6.79. The molecule has 1 saturated carbocycles. The van der Waals surface area contributed by atoms with Gasteiger partial charge in [-0.15, -0.1) is 0 Å². The molecule has 1 rings (SSSR count). The molecule has 0 aromatic carbocycles. The van der Waals surface area contributed by atoms with E-state index in [1.807, 2.05) is 14.0 Å². The molecule has 136 valence electrons. The van der Waals surface area contributed by atoms with Crippen LogP contribution in [-0.2, 0) is 10.8 Å². The lowest BCUT2D eigenvalue weighted by Gasteiger charge is -2.30. The molecule has 23 heavy (non-hydrogen) atoms. The van der Waals surface area contributed by atoms with Gasteiger partial charge in [0.05, 0.1) is 0 Å². The number of hydrogen-bond acceptors (Lipinski definition) is 3. The molecule has 0 aromatic rings. The maximum Gasteiger partial charge on any atom is 0.191 e. The number of rotatable bonds is 9. The SMILES string of the molecule is CCCN(CC)CCNC(=NC)NC1CCCC(S(=O)CC)C1. The topological polar surface area (TPSA) is 56.7 Å². The van der Waals surface area contributed by atoms with Crippen molar-refractivity contribution < 1.29 is 4.21 Å². The standard InChI is InChI=1S/C17H36N4OS/c1-5-12-21(6-2)13-11-19-17(18-4)20-15-9-8-10-16(14-15)23(22)7-3/h15-16H,5-14H2,1-4H3,(H2,18,19,20). The van der Waals surface area contributed by atoms with Crippen molar-refractivity contribution >= 4 is 16.8 Å². The van der Waals surface area contributed by atoms with Gasteiger partial charge in [0.25, 0.3) is 0 Å². The van der Waals surface area contributed by atoms with Gasteiger partial charge in [0.15, 0.2) is 5.96 Å². The van der Waals surface area contributed by atoms with Crippen molar-refractivity contribution in [3.63, 3.8) is 0 Å². The number of nitrogens with zero attached hydrogens (tertiary/aromatic N) is 2. The zero-order valence-electron chi connectivity index (χ0n) is 15.4. The minimum Gasteiger partial charge on any atom is -0.355 e. The van der Waals surface area contributed by atoms with Crippen LogP contribution in [0.4, 0.5) is 0 Å². The molecular weight excluding hydrogens is 308 g/mol. The molecule has 1 aliphatic rings. The van der Waals surface area contributed by atoms with Gasteiger partial charge >= 0.3 is 0 Å². The molecule has 3 unspecified atom stereocenters. The minimum absolute atomic E-state index is 0.351. The molecule has 1 aliphatic carbocycles. The van der Waals surface area contributed by atoms with Crippen LogP contribution in [0.15, 0.2) is 4.99 Å². The average molecular weight is 345 g/mol. The predicted molar refractivity (Wildman–Crippen MR) is 102 cm³/mol. The summed E-state index contributed by atoms with van der Waals surface area (Å²) in [6, 6.07) is 0.397. The van der Waals surface area contributed by atoms with Crippen molar-refractivity contribution in [2.75, 3.05) is 39.0 Å². The second-order valence-corrected chi connectivity index (χ2v) is 8.24. The maximum atomic E-state index is 12.0. The van der Waals surface area contributed by atoms with Crippen LogP contribution in [0.25, 0.3) is 0 Å². The van der Waals surface area contributed by atoms with Crippen LogP contribution < -0.4 is 10.6 Å². The van der Waals surface area contributed by atoms with E-state index in [-0.39, 0.29) is 0 Å². The van der Waals surface area contributed by atoms with E-state index in [9.17, 15) is 4.21 Å². The van der Waals surface area contributed by atoms with E-state index in [0.29, 0.717) is 11.3 Å². The monoisotopic (exact) mass is 344 g/mol. The van der Waals surface area contributed by atoms with Crippen molar-refractivity contribution in [2.45, 2.75) is 64.2 Å². The van der Waals surface area contributed by atoms with Gasteiger partial charge in [-0.2, -0.15) is 0 Å². The third kappa shape index (κ3) is 7.66. The zero-order chi connectivity index (χ0) is 17.1. The molecule has 0 saturated heterocycles. The third-order valence-corrected chi connectivity index (χ3v) is 6.30. The van der Waals surface area contributed by atoms with Crippen LogP contribution in [-0.4, -0.2) is 65.3 Å². The van der Waals surface area contributed by atoms with E-state index in [1.54, 1.807) is 0 Å². The molecule has 0 spiro atoms. The van der Waals surface area contributed by atoms with Gasteiger partial charge < -0.3 is 15.5 Å². The molecule has 2 N–H and O–H groups in total. The first-order valence-electron chi connectivity index (χ1n) is 9.21. The summed E-state index contributed by atoms with van der Waals surface area (Å²) < 4.78 is 12.0. The highest BCUT2D eigenvalue weighted by Crippen LogP contribution is 2.22. The van der Waals surface area contributed by atoms with Crippen LogP contribution in [0, 0.1) is 0 Å². The maximum absolute atomic E-state index is 12.0. The quantitative estimate of drug-likeness (QED) is 0.496. The molecule has 5 nitrogen and oxygen atoms in total. The van der Waals surface area contributed by atoms with Gasteiger partial charge in [-0.1, -0.05) is 27.2 Å². The smallest absolute Gasteiger partial charge is 0.191 e. The lowest BCUT2D eigenvalue weighted by Crippen LogP contribution is -2.48. The first kappa shape index (κ1) is 20.4. The van der Waals surface area contributed by atoms with E-state index >= 15 is 0 Å². The molecule has 0 aromatic heterocycles. The van der Waals surface area contributed by atoms with Gasteiger partial charge in [0.2, 0.25) is 0 Å². The van der Waals surface area contributed by atoms with Gasteiger partial charge in [0, 0.05) is 48.0 Å². The molecule has 0 bridgehead atoms. The second kappa shape index (κ2) is 11.8. The van der Waals surface area contributed by atoms with Crippen LogP contribution >= 0.6 is 0 Å². The first-order valence-corrected chi connectivity index (χ1v) is 10.6. The molecule has 6 heteroatoms. The van der Waals surface area contributed by atoms with E-state index in [1.165, 1.54) is 6.42 Å². The van der Waals surface area contributed by atoms with E-state index in [2.05, 4.69) is 34.4 Å². The molecule has 0 radical (unpaired) electrons. The highest BCUT2D eigenvalue weighted by molar-refractivity contribution is 7.85. The summed E-state index contributed by atoms with van der Waals surface area (Å²) >= 11 is 0. The van der Waals surface area contributed by atoms with E-state index < -0.39 is 10.8 Å². The van der Waals surface area contributed by atoms with Gasteiger partial charge in [-0.05, 0) is 38.8 Å². The van der Waals surface area contributed by atoms with Crippen molar-refractivity contribution in [1.29, 1.82) is 0 Å². The Morgan fingerprint density at radius 1 is 1.26 bits per heavy atom. The van der Waals surface area contributed by atoms with Crippen LogP contribution in [0.1, 0.15) is 52.9 Å². The summed E-state index contributed by atoms with van der Waals surface area (Å²) in [6.45, 7) is 10.6. The Bertz CT molecular complexity index is 376. The van der Waals surface area contributed by atoms with Crippen molar-refractivity contribution in [3.8, 4) is 0 Å². The molecule has 1 fully saturated rings. The molecular formula is C17H36N4OS. The fraction of sp³-hybridized carbons (Fsp3) is 0.941. The highest BCUT2D eigenvalue weighted by atomic mass is 32.2. The molecule has 3 atom stereocenters. The Morgan fingerprint density at radius 3 is 2.65 bits per heavy atom. The number of nitrogens with one attached hydrogen (secondary N) is 2. The summed E-state index contributed by atoms with van der Waals surface area (Å²) in [7, 11) is 1.15. The number of guanidine groups is 1. The van der Waals surface area contributed by atoms with Gasteiger partial charge in [-0.25, -0.2) is 0 Å². The van der Waals surface area contributed by atoms with Gasteiger partial charge in [0.1, 0.15) is 0 Å². The van der Waals surface area contributed by atoms with Crippen molar-refractivity contribution in [1.82, 2.24) is 15.5 Å². The summed E-state index contributed by atoms with van der Waals surface area (Å²) in [5.74, 6) is 1.65. The van der Waals surface area contributed by atoms with E-state index in [0.717, 1.165) is 63.6 Å². The Kier molecular flexibility index (Phi) is 10.5. The Morgan fingerprint density at radius 2 is 2.04 bits per heavy atom. The zero-order valence-corrected chi connectivity index (χ0v) is 16.3. The van der Waals surface area contributed by atoms with E-state index in [4.69, 9.17) is 0 Å². The molecule has 0 aliphatic heterocycles. The normalized spacial score (nSPS) is 23.8. The third-order valence-electron chi connectivity index (χ3n) is 4.55. The number of likely N-dealkylation sites (N-methyl/N-ethyl adjacent to an activating group) is 1.